The summed E-state index contributed by atoms with van der Waals surface area (Å²) in [4.78, 5) is 12.5. The fourth-order valence-corrected chi connectivity index (χ4v) is 2.52. The smallest absolute Gasteiger partial charge is 0.338 e. The van der Waals surface area contributed by atoms with Crippen molar-refractivity contribution in [2.75, 3.05) is 13.4 Å². The summed E-state index contributed by atoms with van der Waals surface area (Å²) >= 11 is 5.05. The molecule has 76 valence electrons. The zero-order chi connectivity index (χ0) is 10.7. The first-order valence-electron chi connectivity index (χ1n) is 4.02. The van der Waals surface area contributed by atoms with E-state index in [1.54, 1.807) is 17.8 Å². The van der Waals surface area contributed by atoms with Crippen LogP contribution in [0.3, 0.4) is 0 Å². The van der Waals surface area contributed by atoms with E-state index in [1.807, 2.05) is 19.2 Å². The van der Waals surface area contributed by atoms with Crippen molar-refractivity contribution in [2.24, 2.45) is 0 Å². The number of aryl methyl sites for hydroxylation is 1. The lowest BCUT2D eigenvalue weighted by atomic mass is 10.1. The van der Waals surface area contributed by atoms with Crippen LogP contribution >= 0.6 is 27.7 Å². The van der Waals surface area contributed by atoms with Crippen molar-refractivity contribution < 1.29 is 9.53 Å². The van der Waals surface area contributed by atoms with Crippen molar-refractivity contribution in [3.05, 3.63) is 27.7 Å². The van der Waals surface area contributed by atoms with E-state index in [0.29, 0.717) is 5.56 Å². The predicted molar refractivity (Wildman–Crippen MR) is 62.0 cm³/mol. The van der Waals surface area contributed by atoms with Gasteiger partial charge in [-0.05, 0) is 46.8 Å². The average Bonchev–Trinajstić information content (AvgIpc) is 2.19. The van der Waals surface area contributed by atoms with Gasteiger partial charge in [0.1, 0.15) is 0 Å². The Labute approximate surface area is 96.2 Å². The molecular formula is C10H11BrO2S. The SMILES string of the molecule is COC(=O)c1cc(Br)c(SC)cc1C. The molecule has 1 aromatic rings. The normalized spacial score (nSPS) is 10.0. The van der Waals surface area contributed by atoms with E-state index in [2.05, 4.69) is 20.7 Å². The third kappa shape index (κ3) is 2.30. The zero-order valence-corrected chi connectivity index (χ0v) is 10.7. The second-order valence-electron chi connectivity index (χ2n) is 2.79. The molecule has 0 fully saturated rings. The standard InChI is InChI=1S/C10H11BrO2S/c1-6-4-9(14-3)8(11)5-7(6)10(12)13-2/h4-5H,1-3H3. The maximum Gasteiger partial charge on any atom is 0.338 e. The van der Waals surface area contributed by atoms with Gasteiger partial charge < -0.3 is 4.74 Å². The molecule has 0 saturated heterocycles. The lowest BCUT2D eigenvalue weighted by Crippen LogP contribution is -2.03. The minimum atomic E-state index is -0.296. The molecule has 1 rings (SSSR count). The van der Waals surface area contributed by atoms with Crippen LogP contribution in [-0.4, -0.2) is 19.3 Å². The van der Waals surface area contributed by atoms with E-state index in [4.69, 9.17) is 0 Å². The second-order valence-corrected chi connectivity index (χ2v) is 4.50. The Kier molecular flexibility index (Phi) is 4.01. The zero-order valence-electron chi connectivity index (χ0n) is 8.26. The van der Waals surface area contributed by atoms with E-state index in [1.165, 1.54) is 7.11 Å². The van der Waals surface area contributed by atoms with Crippen molar-refractivity contribution in [2.45, 2.75) is 11.8 Å². The van der Waals surface area contributed by atoms with Gasteiger partial charge in [-0.1, -0.05) is 0 Å². The third-order valence-corrected chi connectivity index (χ3v) is 3.60. The second kappa shape index (κ2) is 4.84. The Hall–Kier alpha value is -0.480. The molecule has 0 aliphatic carbocycles. The Balaban J connectivity index is 3.21. The molecule has 0 amide bonds. The number of esters is 1. The minimum absolute atomic E-state index is 0.296. The van der Waals surface area contributed by atoms with Crippen molar-refractivity contribution in [1.29, 1.82) is 0 Å². The Morgan fingerprint density at radius 3 is 2.64 bits per heavy atom. The van der Waals surface area contributed by atoms with Gasteiger partial charge in [0.25, 0.3) is 0 Å². The van der Waals surface area contributed by atoms with Crippen LogP contribution in [0.15, 0.2) is 21.5 Å². The van der Waals surface area contributed by atoms with Crippen LogP contribution in [0.25, 0.3) is 0 Å². The molecule has 0 radical (unpaired) electrons. The average molecular weight is 275 g/mol. The molecule has 0 aliphatic heterocycles. The highest BCUT2D eigenvalue weighted by atomic mass is 79.9. The number of benzene rings is 1. The first kappa shape index (κ1) is 11.6. The van der Waals surface area contributed by atoms with Crippen LogP contribution in [0.1, 0.15) is 15.9 Å². The van der Waals surface area contributed by atoms with E-state index in [0.717, 1.165) is 14.9 Å². The summed E-state index contributed by atoms with van der Waals surface area (Å²) in [6.45, 7) is 1.90. The maximum atomic E-state index is 11.3. The molecule has 0 atom stereocenters. The number of hydrogen-bond donors (Lipinski definition) is 0. The van der Waals surface area contributed by atoms with Crippen molar-refractivity contribution in [3.63, 3.8) is 0 Å². The summed E-state index contributed by atoms with van der Waals surface area (Å²) in [5.41, 5.74) is 1.54. The molecule has 0 bridgehead atoms. The van der Waals surface area contributed by atoms with Crippen LogP contribution < -0.4 is 0 Å². The van der Waals surface area contributed by atoms with Gasteiger partial charge in [0.05, 0.1) is 12.7 Å². The van der Waals surface area contributed by atoms with Gasteiger partial charge in [-0.3, -0.25) is 0 Å². The molecule has 0 heterocycles. The lowest BCUT2D eigenvalue weighted by molar-refractivity contribution is 0.0599. The number of carbonyl (C=O) groups excluding carboxylic acids is 1. The van der Waals surface area contributed by atoms with E-state index >= 15 is 0 Å². The molecule has 0 saturated carbocycles. The molecule has 1 aromatic carbocycles. The lowest BCUT2D eigenvalue weighted by Gasteiger charge is -2.07. The highest BCUT2D eigenvalue weighted by Gasteiger charge is 2.11. The highest BCUT2D eigenvalue weighted by molar-refractivity contribution is 9.10. The quantitative estimate of drug-likeness (QED) is 0.612. The number of halogens is 1. The summed E-state index contributed by atoms with van der Waals surface area (Å²) < 4.78 is 5.61. The largest absolute Gasteiger partial charge is 0.465 e. The molecule has 0 aromatic heterocycles. The number of methoxy groups -OCH3 is 1. The number of rotatable bonds is 2. The van der Waals surface area contributed by atoms with Gasteiger partial charge in [0.15, 0.2) is 0 Å². The van der Waals surface area contributed by atoms with Crippen molar-refractivity contribution >= 4 is 33.7 Å². The molecule has 2 nitrogen and oxygen atoms in total. The van der Waals surface area contributed by atoms with Gasteiger partial charge >= 0.3 is 5.97 Å². The molecular weight excluding hydrogens is 264 g/mol. The molecule has 14 heavy (non-hydrogen) atoms. The van der Waals surface area contributed by atoms with E-state index in [-0.39, 0.29) is 5.97 Å². The van der Waals surface area contributed by atoms with Crippen LogP contribution in [0, 0.1) is 6.92 Å². The third-order valence-electron chi connectivity index (χ3n) is 1.90. The summed E-state index contributed by atoms with van der Waals surface area (Å²) in [5, 5.41) is 0. The molecule has 0 aliphatic rings. The minimum Gasteiger partial charge on any atom is -0.465 e. The van der Waals surface area contributed by atoms with Gasteiger partial charge in [-0.25, -0.2) is 4.79 Å². The number of carbonyl (C=O) groups is 1. The first-order chi connectivity index (χ1) is 6.60. The van der Waals surface area contributed by atoms with Gasteiger partial charge in [0.2, 0.25) is 0 Å². The first-order valence-corrected chi connectivity index (χ1v) is 6.04. The molecule has 0 N–H and O–H groups in total. The highest BCUT2D eigenvalue weighted by Crippen LogP contribution is 2.29. The van der Waals surface area contributed by atoms with Gasteiger partial charge in [0, 0.05) is 9.37 Å². The number of thioether (sulfide) groups is 1. The number of hydrogen-bond acceptors (Lipinski definition) is 3. The molecule has 4 heteroatoms. The maximum absolute atomic E-state index is 11.3. The summed E-state index contributed by atoms with van der Waals surface area (Å²) in [6.07, 6.45) is 2.00. The van der Waals surface area contributed by atoms with Crippen molar-refractivity contribution in [1.82, 2.24) is 0 Å². The van der Waals surface area contributed by atoms with Crippen LogP contribution in [0.4, 0.5) is 0 Å². The van der Waals surface area contributed by atoms with Gasteiger partial charge in [-0.2, -0.15) is 0 Å². The summed E-state index contributed by atoms with van der Waals surface area (Å²) in [5.74, 6) is -0.296. The van der Waals surface area contributed by atoms with Crippen LogP contribution in [-0.2, 0) is 4.74 Å². The topological polar surface area (TPSA) is 26.3 Å². The van der Waals surface area contributed by atoms with Gasteiger partial charge in [-0.15, -0.1) is 11.8 Å². The summed E-state index contributed by atoms with van der Waals surface area (Å²) in [6, 6.07) is 3.77. The van der Waals surface area contributed by atoms with Crippen LogP contribution in [0.5, 0.6) is 0 Å². The number of ether oxygens (including phenoxy) is 1. The Bertz CT molecular complexity index is 363. The van der Waals surface area contributed by atoms with Crippen molar-refractivity contribution in [3.8, 4) is 0 Å². The Morgan fingerprint density at radius 2 is 2.14 bits per heavy atom. The molecule has 0 unspecified atom stereocenters. The van der Waals surface area contributed by atoms with E-state index in [9.17, 15) is 4.79 Å². The van der Waals surface area contributed by atoms with Crippen LogP contribution in [0.2, 0.25) is 0 Å². The fraction of sp³-hybridized carbons (Fsp3) is 0.300. The fourth-order valence-electron chi connectivity index (χ4n) is 1.14. The summed E-state index contributed by atoms with van der Waals surface area (Å²) in [7, 11) is 1.39. The Morgan fingerprint density at radius 1 is 1.50 bits per heavy atom. The van der Waals surface area contributed by atoms with E-state index < -0.39 is 0 Å². The predicted octanol–water partition coefficient (Wildman–Crippen LogP) is 3.27. The molecule has 0 spiro atoms. The monoisotopic (exact) mass is 274 g/mol.